The summed E-state index contributed by atoms with van der Waals surface area (Å²) in [6.07, 6.45) is 4.22. The van der Waals surface area contributed by atoms with Crippen LogP contribution in [0.2, 0.25) is 0 Å². The van der Waals surface area contributed by atoms with Gasteiger partial charge in [0.25, 0.3) is 0 Å². The van der Waals surface area contributed by atoms with Crippen molar-refractivity contribution >= 4 is 17.4 Å². The molecule has 1 N–H and O–H groups in total. The van der Waals surface area contributed by atoms with Crippen molar-refractivity contribution in [2.45, 2.75) is 97.4 Å². The van der Waals surface area contributed by atoms with E-state index < -0.39 is 17.7 Å². The van der Waals surface area contributed by atoms with E-state index in [9.17, 15) is 14.3 Å². The number of carboxylic acid groups (broad SMARTS) is 1. The molecule has 1 aliphatic heterocycles. The Morgan fingerprint density at radius 3 is 2.52 bits per heavy atom. The lowest BCUT2D eigenvalue weighted by atomic mass is 9.92. The molecule has 0 aliphatic carbocycles. The fourth-order valence-electron chi connectivity index (χ4n) is 5.57. The summed E-state index contributed by atoms with van der Waals surface area (Å²) in [6, 6.07) is 6.18. The highest BCUT2D eigenvalue weighted by atomic mass is 19.1. The van der Waals surface area contributed by atoms with E-state index >= 15 is 0 Å². The molecule has 10 nitrogen and oxygen atoms in total. The molecule has 1 unspecified atom stereocenters. The first-order chi connectivity index (χ1) is 21.7. The molecule has 46 heavy (non-hydrogen) atoms. The molecule has 1 saturated heterocycles. The molecule has 0 radical (unpaired) electrons. The molecule has 0 amide bonds. The Balaban J connectivity index is 1.67. The maximum absolute atomic E-state index is 14.1. The number of aromatic nitrogens is 3. The topological polar surface area (TPSA) is 108 Å². The van der Waals surface area contributed by atoms with Gasteiger partial charge in [-0.2, -0.15) is 9.61 Å². The van der Waals surface area contributed by atoms with Crippen molar-refractivity contribution in [2.75, 3.05) is 24.6 Å². The fourth-order valence-corrected chi connectivity index (χ4v) is 5.57. The molecule has 250 valence electrons. The first-order valence-corrected chi connectivity index (χ1v) is 15.7. The number of rotatable bonds is 15. The van der Waals surface area contributed by atoms with E-state index in [1.165, 1.54) is 12.1 Å². The SMILES string of the molecule is C=CCOC1(C)CCN(c2c(C(OC(C)(C)C)C(=O)O)c(C)nc3cc(COCc4cc(F)ccc4O[C@@H](C)CC=C)nn23)CC1. The summed E-state index contributed by atoms with van der Waals surface area (Å²) in [5, 5.41) is 15.2. The van der Waals surface area contributed by atoms with Crippen molar-refractivity contribution in [3.05, 3.63) is 77.9 Å². The van der Waals surface area contributed by atoms with Gasteiger partial charge >= 0.3 is 5.97 Å². The molecule has 2 aromatic heterocycles. The summed E-state index contributed by atoms with van der Waals surface area (Å²) in [7, 11) is 0. The quantitative estimate of drug-likeness (QED) is 0.181. The number of ether oxygens (including phenoxy) is 4. The van der Waals surface area contributed by atoms with Crippen molar-refractivity contribution in [3.8, 4) is 5.75 Å². The van der Waals surface area contributed by atoms with Gasteiger partial charge in [0.05, 0.1) is 48.4 Å². The number of benzene rings is 1. The van der Waals surface area contributed by atoms with Gasteiger partial charge in [-0.1, -0.05) is 12.2 Å². The molecular formula is C35H47FN4O6. The highest BCUT2D eigenvalue weighted by molar-refractivity contribution is 5.78. The lowest BCUT2D eigenvalue weighted by Crippen LogP contribution is -2.45. The normalized spacial score (nSPS) is 16.3. The van der Waals surface area contributed by atoms with Gasteiger partial charge in [-0.25, -0.2) is 14.2 Å². The summed E-state index contributed by atoms with van der Waals surface area (Å²) >= 11 is 0. The van der Waals surface area contributed by atoms with Gasteiger partial charge in [-0.3, -0.25) is 0 Å². The summed E-state index contributed by atoms with van der Waals surface area (Å²) in [5.74, 6) is -0.330. The van der Waals surface area contributed by atoms with Gasteiger partial charge < -0.3 is 29.0 Å². The number of aliphatic carboxylic acids is 1. The summed E-state index contributed by atoms with van der Waals surface area (Å²) in [5.41, 5.74) is 1.66. The summed E-state index contributed by atoms with van der Waals surface area (Å²) in [6.45, 7) is 20.7. The number of nitrogens with zero attached hydrogens (tertiary/aromatic N) is 4. The van der Waals surface area contributed by atoms with Crippen LogP contribution in [0.3, 0.4) is 0 Å². The number of hydrogen-bond acceptors (Lipinski definition) is 8. The van der Waals surface area contributed by atoms with E-state index in [-0.39, 0.29) is 30.7 Å². The van der Waals surface area contributed by atoms with Crippen LogP contribution in [0.15, 0.2) is 49.6 Å². The van der Waals surface area contributed by atoms with Crippen molar-refractivity contribution in [2.24, 2.45) is 0 Å². The van der Waals surface area contributed by atoms with Crippen LogP contribution in [-0.2, 0) is 32.2 Å². The standard InChI is InChI=1S/C35H47FN4O6/c1-9-11-23(3)45-28-13-12-26(36)19-25(28)21-43-22-27-20-29-37-24(4)30(31(33(41)42)46-34(5,6)7)32(40(29)38-27)39-16-14-35(8,15-17-39)44-18-10-2/h9-10,12-13,19-20,23,31H,1-2,11,14-18,21-22H2,3-8H3,(H,41,42)/t23-,31?/m0/s1. The van der Waals surface area contributed by atoms with Crippen LogP contribution in [0.1, 0.15) is 82.5 Å². The number of anilines is 1. The largest absolute Gasteiger partial charge is 0.490 e. The van der Waals surface area contributed by atoms with Crippen LogP contribution in [0, 0.1) is 12.7 Å². The molecule has 1 fully saturated rings. The smallest absolute Gasteiger partial charge is 0.337 e. The van der Waals surface area contributed by atoms with Crippen LogP contribution >= 0.6 is 0 Å². The van der Waals surface area contributed by atoms with Gasteiger partial charge in [0.15, 0.2) is 11.8 Å². The van der Waals surface area contributed by atoms with Gasteiger partial charge in [-0.15, -0.1) is 13.2 Å². The number of carboxylic acids is 1. The molecule has 3 aromatic rings. The molecule has 0 bridgehead atoms. The van der Waals surface area contributed by atoms with E-state index in [4.69, 9.17) is 29.0 Å². The van der Waals surface area contributed by atoms with E-state index in [1.807, 2.05) is 33.8 Å². The zero-order chi connectivity index (χ0) is 33.6. The third-order valence-electron chi connectivity index (χ3n) is 7.84. The third-order valence-corrected chi connectivity index (χ3v) is 7.84. The molecule has 2 atom stereocenters. The van der Waals surface area contributed by atoms with E-state index in [0.717, 1.165) is 12.8 Å². The van der Waals surface area contributed by atoms with Gasteiger partial charge in [0, 0.05) is 36.8 Å². The maximum atomic E-state index is 14.1. The van der Waals surface area contributed by atoms with Crippen LogP contribution in [0.4, 0.5) is 10.2 Å². The van der Waals surface area contributed by atoms with E-state index in [1.54, 1.807) is 29.7 Å². The molecular weight excluding hydrogens is 591 g/mol. The second-order valence-electron chi connectivity index (χ2n) is 13.0. The van der Waals surface area contributed by atoms with Crippen molar-refractivity contribution in [3.63, 3.8) is 0 Å². The Morgan fingerprint density at radius 1 is 1.17 bits per heavy atom. The van der Waals surface area contributed by atoms with Crippen molar-refractivity contribution in [1.82, 2.24) is 14.6 Å². The maximum Gasteiger partial charge on any atom is 0.337 e. The highest BCUT2D eigenvalue weighted by Gasteiger charge is 2.37. The first kappa shape index (κ1) is 35.1. The van der Waals surface area contributed by atoms with Gasteiger partial charge in [0.1, 0.15) is 17.4 Å². The number of halogens is 1. The second-order valence-corrected chi connectivity index (χ2v) is 13.0. The predicted octanol–water partition coefficient (Wildman–Crippen LogP) is 6.74. The molecule has 11 heteroatoms. The number of piperidine rings is 1. The van der Waals surface area contributed by atoms with E-state index in [2.05, 4.69) is 25.0 Å². The number of hydrogen-bond donors (Lipinski definition) is 1. The Morgan fingerprint density at radius 2 is 1.89 bits per heavy atom. The molecule has 0 saturated carbocycles. The third kappa shape index (κ3) is 8.71. The predicted molar refractivity (Wildman–Crippen MR) is 175 cm³/mol. The molecule has 1 aliphatic rings. The minimum absolute atomic E-state index is 0.0995. The Labute approximate surface area is 270 Å². The van der Waals surface area contributed by atoms with Crippen LogP contribution in [0.25, 0.3) is 5.65 Å². The number of aryl methyl sites for hydroxylation is 1. The van der Waals surface area contributed by atoms with Crippen LogP contribution in [0.5, 0.6) is 5.75 Å². The molecule has 4 rings (SSSR count). The molecule has 1 aromatic carbocycles. The van der Waals surface area contributed by atoms with E-state index in [0.29, 0.717) is 65.8 Å². The minimum atomic E-state index is -1.27. The summed E-state index contributed by atoms with van der Waals surface area (Å²) in [4.78, 5) is 19.6. The van der Waals surface area contributed by atoms with Gasteiger partial charge in [0.2, 0.25) is 0 Å². The van der Waals surface area contributed by atoms with Gasteiger partial charge in [-0.05, 0) is 72.6 Å². The zero-order valence-corrected chi connectivity index (χ0v) is 27.8. The van der Waals surface area contributed by atoms with Crippen molar-refractivity contribution < 1.29 is 33.2 Å². The zero-order valence-electron chi connectivity index (χ0n) is 27.8. The lowest BCUT2D eigenvalue weighted by Gasteiger charge is -2.41. The lowest BCUT2D eigenvalue weighted by molar-refractivity contribution is -0.160. The average molecular weight is 639 g/mol. The van der Waals surface area contributed by atoms with Crippen molar-refractivity contribution in [1.29, 1.82) is 0 Å². The van der Waals surface area contributed by atoms with Crippen LogP contribution in [-0.4, -0.2) is 62.7 Å². The van der Waals surface area contributed by atoms with Crippen LogP contribution < -0.4 is 9.64 Å². The first-order valence-electron chi connectivity index (χ1n) is 15.7. The Bertz CT molecular complexity index is 1540. The Kier molecular flexibility index (Phi) is 11.2. The number of fused-ring (bicyclic) bond motifs is 1. The molecule has 3 heterocycles. The number of carbonyl (C=O) groups is 1. The Hall–Kier alpha value is -3.80. The minimum Gasteiger partial charge on any atom is -0.490 e. The molecule has 0 spiro atoms. The summed E-state index contributed by atoms with van der Waals surface area (Å²) < 4.78 is 40.0. The second kappa shape index (κ2) is 14.7. The fraction of sp³-hybridized carbons (Fsp3) is 0.514. The monoisotopic (exact) mass is 638 g/mol. The highest BCUT2D eigenvalue weighted by Crippen LogP contribution is 2.37. The average Bonchev–Trinajstić information content (AvgIpc) is 3.38.